The maximum atomic E-state index is 11.9. The number of benzene rings is 2. The number of Topliss-reactive ketones (excluding diaryl/α,β-unsaturated/α-hetero) is 1. The molecule has 0 saturated heterocycles. The lowest BCUT2D eigenvalue weighted by molar-refractivity contribution is 0.0470. The molecule has 2 rings (SSSR count). The number of ether oxygens (including phenoxy) is 2. The normalized spacial score (nSPS) is 10.1. The van der Waals surface area contributed by atoms with Crippen molar-refractivity contribution in [3.8, 4) is 11.5 Å². The Balaban J connectivity index is 2.13. The molecule has 2 aromatic rings. The molecule has 0 radical (unpaired) electrons. The van der Waals surface area contributed by atoms with E-state index in [2.05, 4.69) is 0 Å². The summed E-state index contributed by atoms with van der Waals surface area (Å²) in [5.74, 6) is 0.0277. The van der Waals surface area contributed by atoms with E-state index in [0.29, 0.717) is 22.4 Å². The van der Waals surface area contributed by atoms with E-state index in [-0.39, 0.29) is 18.1 Å². The van der Waals surface area contributed by atoms with Crippen molar-refractivity contribution in [1.29, 1.82) is 0 Å². The molecule has 0 saturated carbocycles. The minimum Gasteiger partial charge on any atom is -0.508 e. The molecule has 22 heavy (non-hydrogen) atoms. The molecule has 0 aromatic heterocycles. The monoisotopic (exact) mass is 300 g/mol. The summed E-state index contributed by atoms with van der Waals surface area (Å²) in [5.41, 5.74) is 1.47. The molecule has 5 nitrogen and oxygen atoms in total. The zero-order valence-corrected chi connectivity index (χ0v) is 12.3. The van der Waals surface area contributed by atoms with Crippen molar-refractivity contribution in [3.63, 3.8) is 0 Å². The fourth-order valence-corrected chi connectivity index (χ4v) is 1.93. The van der Waals surface area contributed by atoms with E-state index >= 15 is 0 Å². The van der Waals surface area contributed by atoms with Gasteiger partial charge in [0, 0.05) is 11.1 Å². The van der Waals surface area contributed by atoms with Gasteiger partial charge in [0.15, 0.2) is 5.78 Å². The molecule has 5 heteroatoms. The molecule has 0 amide bonds. The van der Waals surface area contributed by atoms with Gasteiger partial charge in [-0.05, 0) is 49.4 Å². The van der Waals surface area contributed by atoms with Crippen molar-refractivity contribution < 1.29 is 24.2 Å². The molecule has 2 aromatic carbocycles. The molecule has 0 atom stereocenters. The molecular weight excluding hydrogens is 284 g/mol. The van der Waals surface area contributed by atoms with Crippen molar-refractivity contribution in [2.24, 2.45) is 0 Å². The summed E-state index contributed by atoms with van der Waals surface area (Å²) in [6.45, 7) is 1.46. The fourth-order valence-electron chi connectivity index (χ4n) is 1.93. The Morgan fingerprint density at radius 2 is 1.68 bits per heavy atom. The lowest BCUT2D eigenvalue weighted by atomic mass is 10.1. The molecule has 114 valence electrons. The summed E-state index contributed by atoms with van der Waals surface area (Å²) in [5, 5.41) is 9.20. The van der Waals surface area contributed by atoms with E-state index in [1.54, 1.807) is 18.2 Å². The van der Waals surface area contributed by atoms with Crippen LogP contribution in [0, 0.1) is 0 Å². The standard InChI is InChI=1S/C17H16O5/c1-11(18)13-5-8-16(21-2)14(9-13)10-22-17(20)12-3-6-15(19)7-4-12/h3-9,19H,10H2,1-2H3. The van der Waals surface area contributed by atoms with Crippen molar-refractivity contribution in [2.75, 3.05) is 7.11 Å². The average Bonchev–Trinajstić information content (AvgIpc) is 2.52. The number of carbonyl (C=O) groups is 2. The van der Waals surface area contributed by atoms with Crippen LogP contribution in [0.2, 0.25) is 0 Å². The Morgan fingerprint density at radius 1 is 1.05 bits per heavy atom. The first-order valence-corrected chi connectivity index (χ1v) is 6.65. The van der Waals surface area contributed by atoms with Gasteiger partial charge in [-0.3, -0.25) is 4.79 Å². The lowest BCUT2D eigenvalue weighted by Crippen LogP contribution is -2.06. The zero-order valence-electron chi connectivity index (χ0n) is 12.3. The number of phenols is 1. The number of esters is 1. The van der Waals surface area contributed by atoms with E-state index in [1.807, 2.05) is 0 Å². The van der Waals surface area contributed by atoms with Crippen molar-refractivity contribution in [1.82, 2.24) is 0 Å². The highest BCUT2D eigenvalue weighted by Crippen LogP contribution is 2.22. The van der Waals surface area contributed by atoms with Crippen LogP contribution in [0.1, 0.15) is 33.2 Å². The minimum absolute atomic E-state index is 0.00992. The van der Waals surface area contributed by atoms with Gasteiger partial charge in [0.2, 0.25) is 0 Å². The van der Waals surface area contributed by atoms with Gasteiger partial charge in [-0.15, -0.1) is 0 Å². The second-order valence-electron chi connectivity index (χ2n) is 4.71. The SMILES string of the molecule is COc1ccc(C(C)=O)cc1COC(=O)c1ccc(O)cc1. The third-order valence-corrected chi connectivity index (χ3v) is 3.15. The predicted molar refractivity (Wildman–Crippen MR) is 80.2 cm³/mol. The van der Waals surface area contributed by atoms with Crippen LogP contribution in [-0.2, 0) is 11.3 Å². The minimum atomic E-state index is -0.518. The summed E-state index contributed by atoms with van der Waals surface area (Å²) >= 11 is 0. The van der Waals surface area contributed by atoms with E-state index in [1.165, 1.54) is 38.3 Å². The molecule has 0 aliphatic heterocycles. The highest BCUT2D eigenvalue weighted by atomic mass is 16.5. The summed E-state index contributed by atoms with van der Waals surface area (Å²) in [6, 6.07) is 10.7. The number of ketones is 1. The van der Waals surface area contributed by atoms with Gasteiger partial charge in [0.05, 0.1) is 12.7 Å². The van der Waals surface area contributed by atoms with Crippen LogP contribution in [0.25, 0.3) is 0 Å². The molecule has 0 aliphatic rings. The molecular formula is C17H16O5. The van der Waals surface area contributed by atoms with Gasteiger partial charge in [-0.25, -0.2) is 4.79 Å². The van der Waals surface area contributed by atoms with Crippen LogP contribution >= 0.6 is 0 Å². The first kappa shape index (κ1) is 15.6. The van der Waals surface area contributed by atoms with E-state index < -0.39 is 5.97 Å². The molecule has 0 aliphatic carbocycles. The summed E-state index contributed by atoms with van der Waals surface area (Å²) < 4.78 is 10.4. The van der Waals surface area contributed by atoms with E-state index in [9.17, 15) is 14.7 Å². The largest absolute Gasteiger partial charge is 0.508 e. The summed E-state index contributed by atoms with van der Waals surface area (Å²) in [7, 11) is 1.51. The summed E-state index contributed by atoms with van der Waals surface area (Å²) in [6.07, 6.45) is 0. The Hall–Kier alpha value is -2.82. The van der Waals surface area contributed by atoms with E-state index in [0.717, 1.165) is 0 Å². The van der Waals surface area contributed by atoms with Crippen LogP contribution in [0.3, 0.4) is 0 Å². The first-order valence-electron chi connectivity index (χ1n) is 6.65. The van der Waals surface area contributed by atoms with Gasteiger partial charge < -0.3 is 14.6 Å². The molecule has 0 spiro atoms. The number of methoxy groups -OCH3 is 1. The van der Waals surface area contributed by atoms with Crippen LogP contribution in [0.4, 0.5) is 0 Å². The number of hydrogen-bond donors (Lipinski definition) is 1. The van der Waals surface area contributed by atoms with E-state index in [4.69, 9.17) is 9.47 Å². The van der Waals surface area contributed by atoms with Gasteiger partial charge in [0.25, 0.3) is 0 Å². The number of hydrogen-bond acceptors (Lipinski definition) is 5. The molecule has 0 bridgehead atoms. The van der Waals surface area contributed by atoms with Crippen molar-refractivity contribution in [2.45, 2.75) is 13.5 Å². The van der Waals surface area contributed by atoms with Crippen LogP contribution in [0.15, 0.2) is 42.5 Å². The second kappa shape index (κ2) is 6.76. The lowest BCUT2D eigenvalue weighted by Gasteiger charge is -2.10. The highest BCUT2D eigenvalue weighted by Gasteiger charge is 2.11. The average molecular weight is 300 g/mol. The predicted octanol–water partition coefficient (Wildman–Crippen LogP) is 2.96. The quantitative estimate of drug-likeness (QED) is 0.679. The van der Waals surface area contributed by atoms with Crippen molar-refractivity contribution in [3.05, 3.63) is 59.2 Å². The molecule has 0 unspecified atom stereocenters. The number of phenolic OH excluding ortho intramolecular Hbond substituents is 1. The fraction of sp³-hybridized carbons (Fsp3) is 0.176. The second-order valence-corrected chi connectivity index (χ2v) is 4.71. The third-order valence-electron chi connectivity index (χ3n) is 3.15. The van der Waals surface area contributed by atoms with Crippen LogP contribution in [0.5, 0.6) is 11.5 Å². The molecule has 0 heterocycles. The van der Waals surface area contributed by atoms with Crippen LogP contribution < -0.4 is 4.74 Å². The molecule has 0 fully saturated rings. The smallest absolute Gasteiger partial charge is 0.338 e. The van der Waals surface area contributed by atoms with Gasteiger partial charge in [-0.1, -0.05) is 0 Å². The first-order chi connectivity index (χ1) is 10.5. The third kappa shape index (κ3) is 3.63. The maximum Gasteiger partial charge on any atom is 0.338 e. The Labute approximate surface area is 128 Å². The Morgan fingerprint density at radius 3 is 2.27 bits per heavy atom. The molecule has 1 N–H and O–H groups in total. The zero-order chi connectivity index (χ0) is 16.1. The van der Waals surface area contributed by atoms with Gasteiger partial charge in [0.1, 0.15) is 18.1 Å². The number of rotatable bonds is 5. The van der Waals surface area contributed by atoms with Gasteiger partial charge >= 0.3 is 5.97 Å². The maximum absolute atomic E-state index is 11.9. The number of aromatic hydroxyl groups is 1. The highest BCUT2D eigenvalue weighted by molar-refractivity contribution is 5.94. The van der Waals surface area contributed by atoms with Gasteiger partial charge in [-0.2, -0.15) is 0 Å². The van der Waals surface area contributed by atoms with Crippen LogP contribution in [-0.4, -0.2) is 24.0 Å². The number of carbonyl (C=O) groups excluding carboxylic acids is 2. The summed E-state index contributed by atoms with van der Waals surface area (Å²) in [4.78, 5) is 23.4. The Bertz CT molecular complexity index is 689. The topological polar surface area (TPSA) is 72.8 Å². The Kier molecular flexibility index (Phi) is 4.78. The van der Waals surface area contributed by atoms with Crippen molar-refractivity contribution >= 4 is 11.8 Å².